The molecule has 2 aliphatic carbocycles. The maximum Gasteiger partial charge on any atom is 0.220 e. The molecule has 1 N–H and O–H groups in total. The number of hydrogen-bond donors (Lipinski definition) is 1. The Morgan fingerprint density at radius 2 is 2.10 bits per heavy atom. The summed E-state index contributed by atoms with van der Waals surface area (Å²) in [6, 6.07) is 7.63. The van der Waals surface area contributed by atoms with Crippen LogP contribution in [0, 0.1) is 11.8 Å². The lowest BCUT2D eigenvalue weighted by atomic mass is 9.55. The summed E-state index contributed by atoms with van der Waals surface area (Å²) in [6.45, 7) is 7.87. The first-order valence-corrected chi connectivity index (χ1v) is 12.3. The van der Waals surface area contributed by atoms with E-state index >= 15 is 0 Å². The van der Waals surface area contributed by atoms with Gasteiger partial charge in [-0.1, -0.05) is 6.07 Å². The second-order valence-corrected chi connectivity index (χ2v) is 10.5. The van der Waals surface area contributed by atoms with E-state index in [-0.39, 0.29) is 11.4 Å². The number of aryl methyl sites for hydroxylation is 1. The molecular formula is C26H38N2O2. The van der Waals surface area contributed by atoms with Gasteiger partial charge in [-0.2, -0.15) is 0 Å². The third kappa shape index (κ3) is 3.77. The fourth-order valence-electron chi connectivity index (χ4n) is 7.11. The van der Waals surface area contributed by atoms with Crippen LogP contribution in [-0.2, 0) is 11.2 Å². The molecule has 5 atom stereocenters. The van der Waals surface area contributed by atoms with Gasteiger partial charge in [-0.15, -0.1) is 0 Å². The molecule has 1 saturated carbocycles. The Bertz CT molecular complexity index is 793. The second-order valence-electron chi connectivity index (χ2n) is 10.5. The molecule has 164 valence electrons. The summed E-state index contributed by atoms with van der Waals surface area (Å²) in [5.41, 5.74) is 3.08. The summed E-state index contributed by atoms with van der Waals surface area (Å²) in [5.74, 6) is 3.31. The number of amides is 1. The van der Waals surface area contributed by atoms with Crippen LogP contribution in [0.1, 0.15) is 82.3 Å². The van der Waals surface area contributed by atoms with Crippen molar-refractivity contribution >= 4 is 5.91 Å². The van der Waals surface area contributed by atoms with Crippen molar-refractivity contribution in [2.45, 2.75) is 89.1 Å². The number of likely N-dealkylation sites (tertiary alicyclic amines) is 1. The number of rotatable bonds is 5. The highest BCUT2D eigenvalue weighted by Crippen LogP contribution is 2.53. The molecule has 30 heavy (non-hydrogen) atoms. The lowest BCUT2D eigenvalue weighted by molar-refractivity contribution is -0.129. The first kappa shape index (κ1) is 20.4. The predicted molar refractivity (Wildman–Crippen MR) is 120 cm³/mol. The van der Waals surface area contributed by atoms with Crippen molar-refractivity contribution in [3.05, 3.63) is 29.3 Å². The first-order chi connectivity index (χ1) is 14.5. The molecular weight excluding hydrogens is 372 g/mol. The van der Waals surface area contributed by atoms with Gasteiger partial charge in [-0.25, -0.2) is 0 Å². The zero-order valence-electron chi connectivity index (χ0n) is 18.8. The molecule has 4 nitrogen and oxygen atoms in total. The molecule has 0 bridgehead atoms. The fourth-order valence-corrected chi connectivity index (χ4v) is 7.11. The van der Waals surface area contributed by atoms with Gasteiger partial charge in [0, 0.05) is 24.5 Å². The fraction of sp³-hybridized carbons (Fsp3) is 0.731. The molecule has 4 aliphatic rings. The Morgan fingerprint density at radius 3 is 2.93 bits per heavy atom. The standard InChI is InChI=1S/C26H38N2O2/c1-18-5-3-14-28(18)15-4-16-30-20-7-9-21-19(17-20)6-8-23-22(21)12-13-26(2)24(23)10-11-25(29)27-26/h7,9,17-18,22-24H,3-6,8,10-16H2,1-2H3,(H,27,29)/t18-,22-,23-,24+,26-/m1/s1. The van der Waals surface area contributed by atoms with Crippen LogP contribution in [0.4, 0.5) is 0 Å². The SMILES string of the molecule is C[C@@H]1CCCN1CCCOc1ccc2c(c1)CC[C@@H]1[C@@H]2CC[C@@]2(C)NC(=O)CC[C@@H]12. The van der Waals surface area contributed by atoms with Crippen molar-refractivity contribution in [2.75, 3.05) is 19.7 Å². The van der Waals surface area contributed by atoms with Gasteiger partial charge in [0.2, 0.25) is 5.91 Å². The van der Waals surface area contributed by atoms with Crippen LogP contribution in [-0.4, -0.2) is 42.1 Å². The number of nitrogens with zero attached hydrogens (tertiary/aromatic N) is 1. The van der Waals surface area contributed by atoms with E-state index in [0.717, 1.165) is 50.6 Å². The summed E-state index contributed by atoms with van der Waals surface area (Å²) in [7, 11) is 0. The maximum absolute atomic E-state index is 12.0. The van der Waals surface area contributed by atoms with E-state index < -0.39 is 0 Å². The number of nitrogens with one attached hydrogen (secondary N) is 1. The molecule has 2 heterocycles. The van der Waals surface area contributed by atoms with Gasteiger partial charge in [0.25, 0.3) is 0 Å². The third-order valence-corrected chi connectivity index (χ3v) is 8.74. The van der Waals surface area contributed by atoms with E-state index in [1.54, 1.807) is 5.56 Å². The Labute approximate surface area is 181 Å². The summed E-state index contributed by atoms with van der Waals surface area (Å²) in [5, 5.41) is 3.35. The highest BCUT2D eigenvalue weighted by molar-refractivity contribution is 5.77. The van der Waals surface area contributed by atoms with E-state index in [0.29, 0.717) is 24.2 Å². The van der Waals surface area contributed by atoms with Crippen LogP contribution in [0.25, 0.3) is 0 Å². The minimum atomic E-state index is 0.0178. The van der Waals surface area contributed by atoms with E-state index in [9.17, 15) is 4.79 Å². The van der Waals surface area contributed by atoms with Gasteiger partial charge in [-0.3, -0.25) is 4.79 Å². The van der Waals surface area contributed by atoms with Crippen molar-refractivity contribution in [1.29, 1.82) is 0 Å². The third-order valence-electron chi connectivity index (χ3n) is 8.74. The van der Waals surface area contributed by atoms with E-state index in [2.05, 4.69) is 42.3 Å². The van der Waals surface area contributed by atoms with Crippen molar-refractivity contribution < 1.29 is 9.53 Å². The zero-order chi connectivity index (χ0) is 20.7. The van der Waals surface area contributed by atoms with Crippen LogP contribution >= 0.6 is 0 Å². The minimum Gasteiger partial charge on any atom is -0.494 e. The van der Waals surface area contributed by atoms with Crippen LogP contribution in [0.3, 0.4) is 0 Å². The number of ether oxygens (including phenoxy) is 1. The number of fused-ring (bicyclic) bond motifs is 5. The number of piperidine rings is 1. The maximum atomic E-state index is 12.0. The molecule has 2 aliphatic heterocycles. The summed E-state index contributed by atoms with van der Waals surface area (Å²) < 4.78 is 6.14. The normalized spacial score (nSPS) is 35.9. The van der Waals surface area contributed by atoms with Crippen LogP contribution in [0.15, 0.2) is 18.2 Å². The lowest BCUT2D eigenvalue weighted by Gasteiger charge is -2.54. The topological polar surface area (TPSA) is 41.6 Å². The van der Waals surface area contributed by atoms with Crippen molar-refractivity contribution in [3.63, 3.8) is 0 Å². The quantitative estimate of drug-likeness (QED) is 0.718. The second kappa shape index (κ2) is 8.18. The monoisotopic (exact) mass is 410 g/mol. The average Bonchev–Trinajstić information content (AvgIpc) is 3.14. The number of benzene rings is 1. The van der Waals surface area contributed by atoms with Crippen molar-refractivity contribution in [2.24, 2.45) is 11.8 Å². The van der Waals surface area contributed by atoms with Gasteiger partial charge < -0.3 is 15.0 Å². The Kier molecular flexibility index (Phi) is 5.55. The summed E-state index contributed by atoms with van der Waals surface area (Å²) in [4.78, 5) is 14.6. The van der Waals surface area contributed by atoms with Gasteiger partial charge in [0.15, 0.2) is 0 Å². The first-order valence-electron chi connectivity index (χ1n) is 12.3. The molecule has 1 aromatic rings. The van der Waals surface area contributed by atoms with Crippen LogP contribution in [0.5, 0.6) is 5.75 Å². The molecule has 5 rings (SSSR count). The smallest absolute Gasteiger partial charge is 0.220 e. The van der Waals surface area contributed by atoms with Crippen molar-refractivity contribution in [1.82, 2.24) is 10.2 Å². The molecule has 1 amide bonds. The summed E-state index contributed by atoms with van der Waals surface area (Å²) >= 11 is 0. The molecule has 1 aromatic carbocycles. The Hall–Kier alpha value is -1.55. The molecule has 0 spiro atoms. The van der Waals surface area contributed by atoms with Crippen molar-refractivity contribution in [3.8, 4) is 5.75 Å². The molecule has 0 radical (unpaired) electrons. The van der Waals surface area contributed by atoms with E-state index in [1.165, 1.54) is 37.8 Å². The van der Waals surface area contributed by atoms with Gasteiger partial charge >= 0.3 is 0 Å². The van der Waals surface area contributed by atoms with E-state index in [4.69, 9.17) is 4.74 Å². The summed E-state index contributed by atoms with van der Waals surface area (Å²) in [6.07, 6.45) is 10.3. The van der Waals surface area contributed by atoms with Gasteiger partial charge in [0.05, 0.1) is 6.61 Å². The molecule has 2 saturated heterocycles. The molecule has 4 heteroatoms. The molecule has 3 fully saturated rings. The number of carbonyl (C=O) groups is 1. The molecule has 0 unspecified atom stereocenters. The number of carbonyl (C=O) groups excluding carboxylic acids is 1. The van der Waals surface area contributed by atoms with Crippen LogP contribution in [0.2, 0.25) is 0 Å². The molecule has 0 aromatic heterocycles. The minimum absolute atomic E-state index is 0.0178. The predicted octanol–water partition coefficient (Wildman–Crippen LogP) is 4.66. The average molecular weight is 411 g/mol. The van der Waals surface area contributed by atoms with Gasteiger partial charge in [-0.05, 0) is 113 Å². The number of hydrogen-bond acceptors (Lipinski definition) is 3. The van der Waals surface area contributed by atoms with Crippen LogP contribution < -0.4 is 10.1 Å². The zero-order valence-corrected chi connectivity index (χ0v) is 18.8. The van der Waals surface area contributed by atoms with E-state index in [1.807, 2.05) is 0 Å². The largest absolute Gasteiger partial charge is 0.494 e. The Morgan fingerprint density at radius 1 is 1.20 bits per heavy atom. The highest BCUT2D eigenvalue weighted by atomic mass is 16.5. The lowest BCUT2D eigenvalue weighted by Crippen LogP contribution is -2.60. The highest BCUT2D eigenvalue weighted by Gasteiger charge is 2.50. The van der Waals surface area contributed by atoms with Gasteiger partial charge in [0.1, 0.15) is 5.75 Å². The Balaban J connectivity index is 1.21.